The van der Waals surface area contributed by atoms with Crippen molar-refractivity contribution >= 4 is 17.4 Å². The summed E-state index contributed by atoms with van der Waals surface area (Å²) in [5.41, 5.74) is 11.2. The normalized spacial score (nSPS) is 11.0. The number of hydrogen-bond acceptors (Lipinski definition) is 2. The SMILES string of the molecule is CC(C)=NNC(N)=Nc1ccc(C)cc1. The summed E-state index contributed by atoms with van der Waals surface area (Å²) in [5.74, 6) is 0.292. The van der Waals surface area contributed by atoms with Gasteiger partial charge in [-0.15, -0.1) is 0 Å². The van der Waals surface area contributed by atoms with Gasteiger partial charge >= 0.3 is 0 Å². The zero-order valence-electron chi connectivity index (χ0n) is 9.28. The van der Waals surface area contributed by atoms with E-state index in [0.717, 1.165) is 11.4 Å². The van der Waals surface area contributed by atoms with Crippen LogP contribution in [-0.2, 0) is 0 Å². The highest BCUT2D eigenvalue weighted by Crippen LogP contribution is 2.11. The second-order valence-electron chi connectivity index (χ2n) is 3.50. The van der Waals surface area contributed by atoms with Crippen molar-refractivity contribution in [2.24, 2.45) is 15.8 Å². The van der Waals surface area contributed by atoms with E-state index in [-0.39, 0.29) is 0 Å². The second kappa shape index (κ2) is 5.14. The number of rotatable bonds is 2. The van der Waals surface area contributed by atoms with Gasteiger partial charge in [0.1, 0.15) is 0 Å². The summed E-state index contributed by atoms with van der Waals surface area (Å²) in [4.78, 5) is 4.15. The molecule has 0 aliphatic rings. The number of aliphatic imine (C=N–C) groups is 1. The number of nitrogens with two attached hydrogens (primary N) is 1. The molecule has 0 aromatic heterocycles. The van der Waals surface area contributed by atoms with Crippen LogP contribution >= 0.6 is 0 Å². The fraction of sp³-hybridized carbons (Fsp3) is 0.273. The Kier molecular flexibility index (Phi) is 3.85. The molecule has 0 radical (unpaired) electrons. The number of nitrogens with one attached hydrogen (secondary N) is 1. The smallest absolute Gasteiger partial charge is 0.214 e. The van der Waals surface area contributed by atoms with Gasteiger partial charge in [0.15, 0.2) is 0 Å². The predicted octanol–water partition coefficient (Wildman–Crippen LogP) is 1.93. The molecule has 1 rings (SSSR count). The highest BCUT2D eigenvalue weighted by atomic mass is 15.4. The molecule has 0 bridgehead atoms. The first kappa shape index (κ1) is 11.2. The first-order valence-electron chi connectivity index (χ1n) is 4.75. The van der Waals surface area contributed by atoms with Crippen molar-refractivity contribution in [1.29, 1.82) is 0 Å². The van der Waals surface area contributed by atoms with E-state index in [9.17, 15) is 0 Å². The molecule has 0 atom stereocenters. The van der Waals surface area contributed by atoms with E-state index in [2.05, 4.69) is 15.5 Å². The molecular formula is C11H16N4. The monoisotopic (exact) mass is 204 g/mol. The van der Waals surface area contributed by atoms with Gasteiger partial charge < -0.3 is 5.73 Å². The predicted molar refractivity (Wildman–Crippen MR) is 64.4 cm³/mol. The summed E-state index contributed by atoms with van der Waals surface area (Å²) < 4.78 is 0. The van der Waals surface area contributed by atoms with Crippen LogP contribution in [-0.4, -0.2) is 11.7 Å². The Morgan fingerprint density at radius 3 is 2.33 bits per heavy atom. The number of nitrogens with zero attached hydrogens (tertiary/aromatic N) is 2. The van der Waals surface area contributed by atoms with Crippen LogP contribution in [0.25, 0.3) is 0 Å². The van der Waals surface area contributed by atoms with E-state index >= 15 is 0 Å². The fourth-order valence-electron chi connectivity index (χ4n) is 0.952. The van der Waals surface area contributed by atoms with Crippen LogP contribution in [0.5, 0.6) is 0 Å². The Morgan fingerprint density at radius 2 is 1.80 bits per heavy atom. The standard InChI is InChI=1S/C11H16N4/c1-8(2)14-15-11(12)13-10-6-4-9(3)5-7-10/h4-7H,1-3H3,(H3,12,13,15). The van der Waals surface area contributed by atoms with E-state index in [4.69, 9.17) is 5.73 Å². The molecule has 0 saturated carbocycles. The van der Waals surface area contributed by atoms with E-state index in [1.165, 1.54) is 5.56 Å². The molecule has 80 valence electrons. The van der Waals surface area contributed by atoms with Crippen molar-refractivity contribution in [2.45, 2.75) is 20.8 Å². The maximum atomic E-state index is 5.62. The van der Waals surface area contributed by atoms with Crippen LogP contribution in [0.15, 0.2) is 34.4 Å². The summed E-state index contributed by atoms with van der Waals surface area (Å²) in [6, 6.07) is 7.79. The van der Waals surface area contributed by atoms with Crippen molar-refractivity contribution in [1.82, 2.24) is 5.43 Å². The third-order valence-electron chi connectivity index (χ3n) is 1.68. The quantitative estimate of drug-likeness (QED) is 0.439. The molecule has 4 nitrogen and oxygen atoms in total. The van der Waals surface area contributed by atoms with Gasteiger partial charge in [-0.2, -0.15) is 5.10 Å². The molecule has 1 aromatic rings. The minimum Gasteiger partial charge on any atom is -0.368 e. The Balaban J connectivity index is 2.70. The molecule has 0 heterocycles. The Bertz CT molecular complexity index is 372. The molecule has 15 heavy (non-hydrogen) atoms. The van der Waals surface area contributed by atoms with Gasteiger partial charge in [0.05, 0.1) is 5.69 Å². The van der Waals surface area contributed by atoms with Gasteiger partial charge in [-0.1, -0.05) is 17.7 Å². The summed E-state index contributed by atoms with van der Waals surface area (Å²) in [6.07, 6.45) is 0. The summed E-state index contributed by atoms with van der Waals surface area (Å²) in [5, 5.41) is 3.95. The molecule has 0 unspecified atom stereocenters. The number of benzene rings is 1. The summed E-state index contributed by atoms with van der Waals surface area (Å²) in [7, 11) is 0. The van der Waals surface area contributed by atoms with Crippen molar-refractivity contribution in [3.63, 3.8) is 0 Å². The molecule has 0 fully saturated rings. The summed E-state index contributed by atoms with van der Waals surface area (Å²) in [6.45, 7) is 5.79. The van der Waals surface area contributed by atoms with Crippen LogP contribution in [0, 0.1) is 6.92 Å². The largest absolute Gasteiger partial charge is 0.368 e. The third-order valence-corrected chi connectivity index (χ3v) is 1.68. The molecule has 0 amide bonds. The van der Waals surface area contributed by atoms with E-state index < -0.39 is 0 Å². The lowest BCUT2D eigenvalue weighted by atomic mass is 10.2. The number of hydrogen-bond donors (Lipinski definition) is 2. The summed E-state index contributed by atoms with van der Waals surface area (Å²) >= 11 is 0. The Hall–Kier alpha value is -1.84. The lowest BCUT2D eigenvalue weighted by Gasteiger charge is -2.00. The van der Waals surface area contributed by atoms with E-state index in [0.29, 0.717) is 5.96 Å². The molecule has 4 heteroatoms. The Labute approximate surface area is 89.9 Å². The van der Waals surface area contributed by atoms with Gasteiger partial charge in [-0.05, 0) is 32.9 Å². The van der Waals surface area contributed by atoms with Crippen molar-refractivity contribution < 1.29 is 0 Å². The number of aryl methyl sites for hydroxylation is 1. The molecular weight excluding hydrogens is 188 g/mol. The van der Waals surface area contributed by atoms with Gasteiger partial charge in [-0.25, -0.2) is 10.4 Å². The first-order valence-corrected chi connectivity index (χ1v) is 4.75. The molecule has 0 spiro atoms. The van der Waals surface area contributed by atoms with Crippen molar-refractivity contribution in [3.05, 3.63) is 29.8 Å². The zero-order valence-corrected chi connectivity index (χ0v) is 9.28. The third kappa shape index (κ3) is 4.26. The van der Waals surface area contributed by atoms with Gasteiger partial charge in [0, 0.05) is 5.71 Å². The highest BCUT2D eigenvalue weighted by Gasteiger charge is 1.91. The second-order valence-corrected chi connectivity index (χ2v) is 3.50. The van der Waals surface area contributed by atoms with E-state index in [1.807, 2.05) is 45.0 Å². The maximum absolute atomic E-state index is 5.62. The molecule has 0 aliphatic heterocycles. The lowest BCUT2D eigenvalue weighted by molar-refractivity contribution is 1.00. The van der Waals surface area contributed by atoms with Gasteiger partial charge in [0.25, 0.3) is 0 Å². The zero-order chi connectivity index (χ0) is 11.3. The Morgan fingerprint density at radius 1 is 1.20 bits per heavy atom. The number of guanidine groups is 1. The van der Waals surface area contributed by atoms with Crippen LogP contribution in [0.2, 0.25) is 0 Å². The minimum atomic E-state index is 0.292. The molecule has 3 N–H and O–H groups in total. The highest BCUT2D eigenvalue weighted by molar-refractivity contribution is 5.84. The van der Waals surface area contributed by atoms with Gasteiger partial charge in [-0.3, -0.25) is 0 Å². The van der Waals surface area contributed by atoms with E-state index in [1.54, 1.807) is 0 Å². The maximum Gasteiger partial charge on any atom is 0.214 e. The topological polar surface area (TPSA) is 62.8 Å². The molecule has 0 saturated heterocycles. The molecule has 0 aliphatic carbocycles. The number of hydrazone groups is 1. The average Bonchev–Trinajstić information content (AvgIpc) is 2.19. The van der Waals surface area contributed by atoms with Crippen LogP contribution in [0.1, 0.15) is 19.4 Å². The van der Waals surface area contributed by atoms with Crippen LogP contribution in [0.3, 0.4) is 0 Å². The van der Waals surface area contributed by atoms with Crippen LogP contribution in [0.4, 0.5) is 5.69 Å². The van der Waals surface area contributed by atoms with Crippen LogP contribution < -0.4 is 11.2 Å². The van der Waals surface area contributed by atoms with Crippen molar-refractivity contribution in [3.8, 4) is 0 Å². The lowest BCUT2D eigenvalue weighted by Crippen LogP contribution is -2.27. The fourth-order valence-corrected chi connectivity index (χ4v) is 0.952. The average molecular weight is 204 g/mol. The molecule has 1 aromatic carbocycles. The first-order chi connectivity index (χ1) is 7.08. The van der Waals surface area contributed by atoms with Crippen molar-refractivity contribution in [2.75, 3.05) is 0 Å². The van der Waals surface area contributed by atoms with Gasteiger partial charge in [0.2, 0.25) is 5.96 Å². The minimum absolute atomic E-state index is 0.292.